The highest BCUT2D eigenvalue weighted by Crippen LogP contribution is 2.34. The molecule has 29 heavy (non-hydrogen) atoms. The zero-order valence-corrected chi connectivity index (χ0v) is 15.5. The molecule has 0 aliphatic rings. The Morgan fingerprint density at radius 2 is 1.72 bits per heavy atom. The third-order valence-corrected chi connectivity index (χ3v) is 4.50. The molecule has 5 nitrogen and oxygen atoms in total. The van der Waals surface area contributed by atoms with Crippen LogP contribution in [0, 0.1) is 0 Å². The molecule has 2 heterocycles. The van der Waals surface area contributed by atoms with Crippen molar-refractivity contribution >= 4 is 17.2 Å². The first kappa shape index (κ1) is 19.2. The van der Waals surface area contributed by atoms with E-state index in [1.807, 2.05) is 30.3 Å². The zero-order chi connectivity index (χ0) is 20.6. The lowest BCUT2D eigenvalue weighted by atomic mass is 10.0. The van der Waals surface area contributed by atoms with Gasteiger partial charge in [0.15, 0.2) is 5.65 Å². The maximum Gasteiger partial charge on any atom is 0.522 e. The van der Waals surface area contributed by atoms with Gasteiger partial charge in [0.25, 0.3) is 5.56 Å². The first-order chi connectivity index (χ1) is 13.8. The lowest BCUT2D eigenvalue weighted by Crippen LogP contribution is -2.18. The van der Waals surface area contributed by atoms with Gasteiger partial charge in [0.2, 0.25) is 0 Å². The topological polar surface area (TPSA) is 59.4 Å². The van der Waals surface area contributed by atoms with E-state index in [2.05, 4.69) is 14.8 Å². The molecule has 2 aromatic heterocycles. The summed E-state index contributed by atoms with van der Waals surface area (Å²) in [4.78, 5) is 16.8. The predicted molar refractivity (Wildman–Crippen MR) is 103 cm³/mol. The molecule has 148 valence electrons. The summed E-state index contributed by atoms with van der Waals surface area (Å²) in [5, 5.41) is 3.55. The standard InChI is InChI=1S/C20H13ClF3N3O2/c21-14-8-6-13(7-9-14)18-17(12-4-2-1-3-5-12)19-25-15(11-29-20(22,23)24)10-16(28)27(19)26-18/h1-10,26H,11H2. The monoisotopic (exact) mass is 419 g/mol. The van der Waals surface area contributed by atoms with Crippen molar-refractivity contribution in [2.75, 3.05) is 0 Å². The van der Waals surface area contributed by atoms with Gasteiger partial charge in [0.1, 0.15) is 0 Å². The van der Waals surface area contributed by atoms with Gasteiger partial charge in [-0.05, 0) is 17.7 Å². The van der Waals surface area contributed by atoms with Crippen LogP contribution in [-0.2, 0) is 11.3 Å². The van der Waals surface area contributed by atoms with Crippen LogP contribution in [0.25, 0.3) is 28.0 Å². The van der Waals surface area contributed by atoms with E-state index in [0.29, 0.717) is 16.3 Å². The Morgan fingerprint density at radius 3 is 2.38 bits per heavy atom. The minimum absolute atomic E-state index is 0.119. The highest BCUT2D eigenvalue weighted by atomic mass is 35.5. The molecule has 0 radical (unpaired) electrons. The largest absolute Gasteiger partial charge is 0.522 e. The summed E-state index contributed by atoms with van der Waals surface area (Å²) in [5.41, 5.74) is 2.20. The number of benzene rings is 2. The summed E-state index contributed by atoms with van der Waals surface area (Å²) >= 11 is 5.97. The fourth-order valence-electron chi connectivity index (χ4n) is 3.02. The predicted octanol–water partition coefficient (Wildman–Crippen LogP) is 5.05. The molecule has 0 atom stereocenters. The van der Waals surface area contributed by atoms with E-state index >= 15 is 0 Å². The van der Waals surface area contributed by atoms with Crippen LogP contribution < -0.4 is 5.56 Å². The molecule has 0 fully saturated rings. The van der Waals surface area contributed by atoms with Crippen molar-refractivity contribution in [2.24, 2.45) is 0 Å². The van der Waals surface area contributed by atoms with Crippen LogP contribution in [-0.4, -0.2) is 21.0 Å². The van der Waals surface area contributed by atoms with E-state index in [4.69, 9.17) is 11.6 Å². The Kier molecular flexibility index (Phi) is 4.89. The minimum Gasteiger partial charge on any atom is -0.288 e. The van der Waals surface area contributed by atoms with Gasteiger partial charge in [-0.1, -0.05) is 54.1 Å². The first-order valence-electron chi connectivity index (χ1n) is 8.48. The summed E-state index contributed by atoms with van der Waals surface area (Å²) < 4.78 is 42.3. The molecule has 0 saturated heterocycles. The number of hydrogen-bond donors (Lipinski definition) is 1. The molecule has 4 aromatic rings. The lowest BCUT2D eigenvalue weighted by Gasteiger charge is -2.07. The Bertz CT molecular complexity index is 1220. The number of nitrogens with one attached hydrogen (secondary N) is 1. The van der Waals surface area contributed by atoms with Gasteiger partial charge in [-0.15, -0.1) is 13.2 Å². The van der Waals surface area contributed by atoms with E-state index in [1.165, 1.54) is 4.52 Å². The van der Waals surface area contributed by atoms with Gasteiger partial charge in [0.05, 0.1) is 23.6 Å². The van der Waals surface area contributed by atoms with Crippen molar-refractivity contribution < 1.29 is 17.9 Å². The SMILES string of the molecule is O=c1cc(COC(F)(F)F)nc2c(-c3ccccc3)c(-c3ccc(Cl)cc3)[nH]n12. The second-order valence-electron chi connectivity index (χ2n) is 6.21. The summed E-state index contributed by atoms with van der Waals surface area (Å²) in [7, 11) is 0. The summed E-state index contributed by atoms with van der Waals surface area (Å²) in [5.74, 6) is 0. The van der Waals surface area contributed by atoms with Gasteiger partial charge in [0, 0.05) is 16.7 Å². The Labute approximate surface area is 167 Å². The van der Waals surface area contributed by atoms with E-state index in [-0.39, 0.29) is 11.3 Å². The summed E-state index contributed by atoms with van der Waals surface area (Å²) in [6, 6.07) is 17.1. The van der Waals surface area contributed by atoms with Crippen LogP contribution in [0.5, 0.6) is 0 Å². The molecule has 0 unspecified atom stereocenters. The lowest BCUT2D eigenvalue weighted by molar-refractivity contribution is -0.330. The van der Waals surface area contributed by atoms with E-state index in [0.717, 1.165) is 17.2 Å². The molecule has 0 saturated carbocycles. The quantitative estimate of drug-likeness (QED) is 0.503. The van der Waals surface area contributed by atoms with Crippen LogP contribution in [0.1, 0.15) is 5.69 Å². The molecule has 2 aromatic carbocycles. The van der Waals surface area contributed by atoms with Gasteiger partial charge >= 0.3 is 6.36 Å². The molecule has 0 aliphatic heterocycles. The number of H-pyrrole nitrogens is 1. The number of fused-ring (bicyclic) bond motifs is 1. The highest BCUT2D eigenvalue weighted by molar-refractivity contribution is 6.30. The second kappa shape index (κ2) is 7.38. The number of hydrogen-bond acceptors (Lipinski definition) is 3. The van der Waals surface area contributed by atoms with Crippen molar-refractivity contribution in [3.63, 3.8) is 0 Å². The number of halogens is 4. The maximum absolute atomic E-state index is 12.5. The molecular weight excluding hydrogens is 407 g/mol. The van der Waals surface area contributed by atoms with E-state index < -0.39 is 18.5 Å². The normalized spacial score (nSPS) is 11.9. The Balaban J connectivity index is 1.95. The summed E-state index contributed by atoms with van der Waals surface area (Å²) in [6.07, 6.45) is -4.82. The van der Waals surface area contributed by atoms with Crippen LogP contribution >= 0.6 is 11.6 Å². The Morgan fingerprint density at radius 1 is 1.03 bits per heavy atom. The fourth-order valence-corrected chi connectivity index (χ4v) is 3.14. The Hall–Kier alpha value is -3.10. The fraction of sp³-hybridized carbons (Fsp3) is 0.100. The highest BCUT2D eigenvalue weighted by Gasteiger charge is 2.29. The van der Waals surface area contributed by atoms with E-state index in [9.17, 15) is 18.0 Å². The number of ether oxygens (including phenoxy) is 1. The third kappa shape index (κ3) is 4.03. The maximum atomic E-state index is 12.5. The van der Waals surface area contributed by atoms with Crippen LogP contribution in [0.2, 0.25) is 5.02 Å². The van der Waals surface area contributed by atoms with Crippen LogP contribution in [0.4, 0.5) is 13.2 Å². The van der Waals surface area contributed by atoms with Gasteiger partial charge in [-0.25, -0.2) is 9.50 Å². The minimum atomic E-state index is -4.82. The molecule has 1 N–H and O–H groups in total. The number of aromatic nitrogens is 3. The molecule has 0 spiro atoms. The second-order valence-corrected chi connectivity index (χ2v) is 6.65. The van der Waals surface area contributed by atoms with Crippen molar-refractivity contribution in [3.8, 4) is 22.4 Å². The molecule has 9 heteroatoms. The van der Waals surface area contributed by atoms with Gasteiger partial charge < -0.3 is 0 Å². The number of nitrogens with zero attached hydrogens (tertiary/aromatic N) is 2. The van der Waals surface area contributed by atoms with Crippen molar-refractivity contribution in [1.82, 2.24) is 14.6 Å². The zero-order valence-electron chi connectivity index (χ0n) is 14.7. The van der Waals surface area contributed by atoms with Crippen molar-refractivity contribution in [2.45, 2.75) is 13.0 Å². The average Bonchev–Trinajstić information content (AvgIpc) is 3.07. The molecule has 4 rings (SSSR count). The molecular formula is C20H13ClF3N3O2. The van der Waals surface area contributed by atoms with Crippen LogP contribution in [0.15, 0.2) is 65.5 Å². The molecule has 0 aliphatic carbocycles. The van der Waals surface area contributed by atoms with Crippen LogP contribution in [0.3, 0.4) is 0 Å². The van der Waals surface area contributed by atoms with Gasteiger partial charge in [-0.3, -0.25) is 14.6 Å². The number of aromatic amines is 1. The molecule has 0 bridgehead atoms. The van der Waals surface area contributed by atoms with Crippen molar-refractivity contribution in [1.29, 1.82) is 0 Å². The molecule has 0 amide bonds. The average molecular weight is 420 g/mol. The first-order valence-corrected chi connectivity index (χ1v) is 8.86. The van der Waals surface area contributed by atoms with E-state index in [1.54, 1.807) is 24.3 Å². The smallest absolute Gasteiger partial charge is 0.288 e. The van der Waals surface area contributed by atoms with Crippen molar-refractivity contribution in [3.05, 3.63) is 81.7 Å². The third-order valence-electron chi connectivity index (χ3n) is 4.25. The summed E-state index contributed by atoms with van der Waals surface area (Å²) in [6.45, 7) is -0.856. The number of rotatable bonds is 4. The van der Waals surface area contributed by atoms with Gasteiger partial charge in [-0.2, -0.15) is 0 Å². The number of alkyl halides is 3.